The Bertz CT molecular complexity index is 1150. The molecule has 8 nitrogen and oxygen atoms in total. The van der Waals surface area contributed by atoms with Crippen molar-refractivity contribution in [3.05, 3.63) is 52.5 Å². The Hall–Kier alpha value is -3.10. The second kappa shape index (κ2) is 11.9. The molecule has 34 heavy (non-hydrogen) atoms. The number of carbonyl (C=O) groups is 2. The van der Waals surface area contributed by atoms with Crippen LogP contribution >= 0.6 is 23.2 Å². The first kappa shape index (κ1) is 25.5. The number of esters is 1. The summed E-state index contributed by atoms with van der Waals surface area (Å²) in [6.45, 7) is 6.56. The standard InChI is InChI=1S/C24H26Cl2N4O4/c1-4-33-22(32)12-11-21(31)27-17-6-8-18(9-7-17)30-23(16-5-10-19(25)20(26)13-16)28-24(29-30)34-14-15(2)3/h5-10,13,15H,4,11-12,14H2,1-3H3,(H,27,31). The number of amides is 1. The molecule has 0 aliphatic carbocycles. The van der Waals surface area contributed by atoms with Gasteiger partial charge in [0.2, 0.25) is 5.91 Å². The maximum atomic E-state index is 12.1. The lowest BCUT2D eigenvalue weighted by Gasteiger charge is -2.09. The summed E-state index contributed by atoms with van der Waals surface area (Å²) in [6, 6.07) is 12.5. The van der Waals surface area contributed by atoms with Gasteiger partial charge in [0, 0.05) is 17.7 Å². The van der Waals surface area contributed by atoms with Crippen LogP contribution in [0.5, 0.6) is 6.01 Å². The Kier molecular flexibility index (Phi) is 8.90. The van der Waals surface area contributed by atoms with Crippen LogP contribution < -0.4 is 10.1 Å². The second-order valence-corrected chi connectivity index (χ2v) is 8.68. The monoisotopic (exact) mass is 504 g/mol. The molecule has 180 valence electrons. The first-order chi connectivity index (χ1) is 16.3. The molecule has 0 aliphatic heterocycles. The van der Waals surface area contributed by atoms with E-state index >= 15 is 0 Å². The number of anilines is 1. The highest BCUT2D eigenvalue weighted by molar-refractivity contribution is 6.42. The molecule has 0 saturated heterocycles. The summed E-state index contributed by atoms with van der Waals surface area (Å²) >= 11 is 12.3. The van der Waals surface area contributed by atoms with E-state index in [-0.39, 0.29) is 24.8 Å². The van der Waals surface area contributed by atoms with E-state index < -0.39 is 5.97 Å². The Labute approximate surface area is 208 Å². The van der Waals surface area contributed by atoms with Crippen molar-refractivity contribution < 1.29 is 19.1 Å². The quantitative estimate of drug-likeness (QED) is 0.363. The first-order valence-electron chi connectivity index (χ1n) is 10.9. The van der Waals surface area contributed by atoms with Gasteiger partial charge in [-0.05, 0) is 55.3 Å². The van der Waals surface area contributed by atoms with E-state index in [1.807, 2.05) is 13.8 Å². The summed E-state index contributed by atoms with van der Waals surface area (Å²) < 4.78 is 12.2. The Morgan fingerprint density at radius 1 is 1.06 bits per heavy atom. The summed E-state index contributed by atoms with van der Waals surface area (Å²) in [5, 5.41) is 8.12. The minimum atomic E-state index is -0.399. The van der Waals surface area contributed by atoms with Crippen LogP contribution in [-0.2, 0) is 14.3 Å². The summed E-state index contributed by atoms with van der Waals surface area (Å²) in [7, 11) is 0. The molecule has 0 radical (unpaired) electrons. The van der Waals surface area contributed by atoms with E-state index in [2.05, 4.69) is 15.4 Å². The average Bonchev–Trinajstić information content (AvgIpc) is 3.23. The minimum Gasteiger partial charge on any atom is -0.466 e. The predicted octanol–water partition coefficient (Wildman–Crippen LogP) is 5.56. The molecule has 1 N–H and O–H groups in total. The van der Waals surface area contributed by atoms with E-state index in [9.17, 15) is 9.59 Å². The molecule has 1 aromatic heterocycles. The maximum absolute atomic E-state index is 12.1. The van der Waals surface area contributed by atoms with Crippen molar-refractivity contribution in [2.24, 2.45) is 5.92 Å². The lowest BCUT2D eigenvalue weighted by molar-refractivity contribution is -0.144. The van der Waals surface area contributed by atoms with E-state index in [0.717, 1.165) is 5.56 Å². The predicted molar refractivity (Wildman–Crippen MR) is 132 cm³/mol. The molecular weight excluding hydrogens is 479 g/mol. The second-order valence-electron chi connectivity index (χ2n) is 7.86. The van der Waals surface area contributed by atoms with Crippen molar-refractivity contribution in [3.8, 4) is 23.1 Å². The van der Waals surface area contributed by atoms with Crippen molar-refractivity contribution >= 4 is 40.8 Å². The van der Waals surface area contributed by atoms with E-state index in [4.69, 9.17) is 32.7 Å². The lowest BCUT2D eigenvalue weighted by atomic mass is 10.2. The fraction of sp³-hybridized carbons (Fsp3) is 0.333. The van der Waals surface area contributed by atoms with Crippen molar-refractivity contribution in [3.63, 3.8) is 0 Å². The zero-order valence-electron chi connectivity index (χ0n) is 19.2. The van der Waals surface area contributed by atoms with Gasteiger partial charge >= 0.3 is 12.0 Å². The number of hydrogen-bond acceptors (Lipinski definition) is 6. The third-order valence-corrected chi connectivity index (χ3v) is 5.31. The van der Waals surface area contributed by atoms with Crippen LogP contribution in [0.4, 0.5) is 5.69 Å². The average molecular weight is 505 g/mol. The molecule has 1 amide bonds. The van der Waals surface area contributed by atoms with Crippen LogP contribution in [-0.4, -0.2) is 39.9 Å². The van der Waals surface area contributed by atoms with Gasteiger partial charge in [-0.1, -0.05) is 37.0 Å². The molecule has 3 rings (SSSR count). The van der Waals surface area contributed by atoms with Crippen LogP contribution in [0.1, 0.15) is 33.6 Å². The third-order valence-electron chi connectivity index (χ3n) is 4.57. The normalized spacial score (nSPS) is 10.9. The highest BCUT2D eigenvalue weighted by Crippen LogP contribution is 2.30. The van der Waals surface area contributed by atoms with Crippen molar-refractivity contribution in [1.29, 1.82) is 0 Å². The Balaban J connectivity index is 1.81. The summed E-state index contributed by atoms with van der Waals surface area (Å²) in [6.07, 6.45) is 0.0740. The number of nitrogens with zero attached hydrogens (tertiary/aromatic N) is 3. The summed E-state index contributed by atoms with van der Waals surface area (Å²) in [5.74, 6) is 0.169. The number of halogens is 2. The smallest absolute Gasteiger partial charge is 0.336 e. The maximum Gasteiger partial charge on any atom is 0.336 e. The van der Waals surface area contributed by atoms with Gasteiger partial charge in [-0.25, -0.2) is 4.68 Å². The van der Waals surface area contributed by atoms with Crippen LogP contribution in [0.15, 0.2) is 42.5 Å². The number of carbonyl (C=O) groups excluding carboxylic acids is 2. The SMILES string of the molecule is CCOC(=O)CCC(=O)Nc1ccc(-n2nc(OCC(C)C)nc2-c2ccc(Cl)c(Cl)c2)cc1. The molecule has 2 aromatic carbocycles. The molecule has 3 aromatic rings. The number of aromatic nitrogens is 3. The summed E-state index contributed by atoms with van der Waals surface area (Å²) in [4.78, 5) is 28.1. The molecule has 0 bridgehead atoms. The van der Waals surface area contributed by atoms with Crippen molar-refractivity contribution in [1.82, 2.24) is 14.8 Å². The zero-order chi connectivity index (χ0) is 24.7. The molecule has 1 heterocycles. The highest BCUT2D eigenvalue weighted by Gasteiger charge is 2.17. The van der Waals surface area contributed by atoms with E-state index in [0.29, 0.717) is 46.4 Å². The molecule has 0 spiro atoms. The number of benzene rings is 2. The largest absolute Gasteiger partial charge is 0.466 e. The minimum absolute atomic E-state index is 0.0306. The summed E-state index contributed by atoms with van der Waals surface area (Å²) in [5.41, 5.74) is 2.01. The fourth-order valence-electron chi connectivity index (χ4n) is 2.96. The lowest BCUT2D eigenvalue weighted by Crippen LogP contribution is -2.14. The highest BCUT2D eigenvalue weighted by atomic mass is 35.5. The van der Waals surface area contributed by atoms with Gasteiger partial charge in [0.15, 0.2) is 5.82 Å². The molecule has 0 aliphatic rings. The van der Waals surface area contributed by atoms with Gasteiger partial charge in [-0.3, -0.25) is 9.59 Å². The molecule has 0 atom stereocenters. The van der Waals surface area contributed by atoms with Crippen LogP contribution in [0.3, 0.4) is 0 Å². The van der Waals surface area contributed by atoms with Gasteiger partial charge < -0.3 is 14.8 Å². The number of hydrogen-bond donors (Lipinski definition) is 1. The van der Waals surface area contributed by atoms with Crippen LogP contribution in [0.25, 0.3) is 17.1 Å². The van der Waals surface area contributed by atoms with Gasteiger partial charge in [-0.15, -0.1) is 5.10 Å². The van der Waals surface area contributed by atoms with Gasteiger partial charge in [0.25, 0.3) is 0 Å². The number of ether oxygens (including phenoxy) is 2. The Morgan fingerprint density at radius 3 is 2.44 bits per heavy atom. The topological polar surface area (TPSA) is 95.3 Å². The molecule has 10 heteroatoms. The van der Waals surface area contributed by atoms with E-state index in [1.165, 1.54) is 0 Å². The molecule has 0 saturated carbocycles. The number of nitrogens with one attached hydrogen (secondary N) is 1. The molecule has 0 fully saturated rings. The van der Waals surface area contributed by atoms with Crippen LogP contribution in [0.2, 0.25) is 10.0 Å². The fourth-order valence-corrected chi connectivity index (χ4v) is 3.25. The van der Waals surface area contributed by atoms with Crippen LogP contribution in [0, 0.1) is 5.92 Å². The molecular formula is C24H26Cl2N4O4. The van der Waals surface area contributed by atoms with E-state index in [1.54, 1.807) is 54.1 Å². The van der Waals surface area contributed by atoms with Crippen molar-refractivity contribution in [2.45, 2.75) is 33.6 Å². The van der Waals surface area contributed by atoms with Gasteiger partial charge in [0.1, 0.15) is 0 Å². The molecule has 0 unspecified atom stereocenters. The number of rotatable bonds is 10. The Morgan fingerprint density at radius 2 is 1.79 bits per heavy atom. The van der Waals surface area contributed by atoms with Gasteiger partial charge in [0.05, 0.1) is 35.4 Å². The van der Waals surface area contributed by atoms with Gasteiger partial charge in [-0.2, -0.15) is 4.98 Å². The first-order valence-corrected chi connectivity index (χ1v) is 11.6. The zero-order valence-corrected chi connectivity index (χ0v) is 20.7. The van der Waals surface area contributed by atoms with Crippen molar-refractivity contribution in [2.75, 3.05) is 18.5 Å². The third kappa shape index (κ3) is 6.95.